The number of hydrogen-bond acceptors (Lipinski definition) is 7. The third kappa shape index (κ3) is 4.63. The fourth-order valence-electron chi connectivity index (χ4n) is 3.46. The molecule has 0 aliphatic carbocycles. The smallest absolute Gasteiger partial charge is 0.255 e. The molecule has 1 N–H and O–H groups in total. The minimum absolute atomic E-state index is 0.144. The van der Waals surface area contributed by atoms with Crippen molar-refractivity contribution in [2.24, 2.45) is 0 Å². The third-order valence-corrected chi connectivity index (χ3v) is 6.70. The zero-order chi connectivity index (χ0) is 22.0. The summed E-state index contributed by atoms with van der Waals surface area (Å²) in [5.74, 6) is -0.355. The number of carbonyl (C=O) groups excluding carboxylic acids is 1. The van der Waals surface area contributed by atoms with Crippen molar-refractivity contribution in [2.45, 2.75) is 31.0 Å². The Bertz CT molecular complexity index is 1150. The highest BCUT2D eigenvalue weighted by molar-refractivity contribution is 7.89. The Kier molecular flexibility index (Phi) is 5.81. The Labute approximate surface area is 179 Å². The van der Waals surface area contributed by atoms with Crippen molar-refractivity contribution in [2.75, 3.05) is 18.4 Å². The Balaban J connectivity index is 1.48. The van der Waals surface area contributed by atoms with Crippen LogP contribution < -0.4 is 5.32 Å². The fraction of sp³-hybridized carbons (Fsp3) is 0.300. The normalized spacial score (nSPS) is 19.8. The van der Waals surface area contributed by atoms with Crippen molar-refractivity contribution in [3.63, 3.8) is 0 Å². The van der Waals surface area contributed by atoms with Gasteiger partial charge in [-0.25, -0.2) is 13.1 Å². The van der Waals surface area contributed by atoms with E-state index in [0.29, 0.717) is 30.0 Å². The first-order valence-corrected chi connectivity index (χ1v) is 11.2. The number of nitrogens with zero attached hydrogens (tertiary/aromatic N) is 5. The van der Waals surface area contributed by atoms with Crippen LogP contribution in [-0.4, -0.2) is 64.1 Å². The van der Waals surface area contributed by atoms with Crippen LogP contribution >= 0.6 is 0 Å². The van der Waals surface area contributed by atoms with Gasteiger partial charge in [-0.05, 0) is 66.7 Å². The molecule has 3 aromatic rings. The van der Waals surface area contributed by atoms with Gasteiger partial charge >= 0.3 is 0 Å². The van der Waals surface area contributed by atoms with Crippen LogP contribution in [0.3, 0.4) is 0 Å². The van der Waals surface area contributed by atoms with Gasteiger partial charge in [0.05, 0.1) is 22.8 Å². The number of sulfonamides is 1. The first-order chi connectivity index (χ1) is 14.8. The van der Waals surface area contributed by atoms with E-state index in [1.165, 1.54) is 39.6 Å². The standard InChI is InChI=1S/C20H22N6O4S/c1-14-11-25(12-15(2)30-14)31(28,29)19-8-6-16(7-9-19)20(27)22-17-4-3-5-18(10-17)26-13-21-23-24-26/h3-10,13-15H,11-12H2,1-2H3,(H,22,27)/t14-,15-/m0/s1. The summed E-state index contributed by atoms with van der Waals surface area (Å²) in [6.07, 6.45) is 1.11. The highest BCUT2D eigenvalue weighted by Crippen LogP contribution is 2.22. The summed E-state index contributed by atoms with van der Waals surface area (Å²) in [5.41, 5.74) is 1.60. The van der Waals surface area contributed by atoms with Gasteiger partial charge in [-0.1, -0.05) is 6.07 Å². The third-order valence-electron chi connectivity index (χ3n) is 4.86. The average molecular weight is 443 g/mol. The van der Waals surface area contributed by atoms with E-state index >= 15 is 0 Å². The Hall–Kier alpha value is -3.15. The summed E-state index contributed by atoms with van der Waals surface area (Å²) in [6, 6.07) is 12.9. The summed E-state index contributed by atoms with van der Waals surface area (Å²) < 4.78 is 34.4. The first-order valence-electron chi connectivity index (χ1n) is 9.73. The lowest BCUT2D eigenvalue weighted by Crippen LogP contribution is -2.48. The van der Waals surface area contributed by atoms with E-state index in [0.717, 1.165) is 0 Å². The van der Waals surface area contributed by atoms with Gasteiger partial charge in [-0.2, -0.15) is 4.31 Å². The number of nitrogens with one attached hydrogen (secondary N) is 1. The maximum absolute atomic E-state index is 13.0. The zero-order valence-corrected chi connectivity index (χ0v) is 17.9. The van der Waals surface area contributed by atoms with Crippen molar-refractivity contribution < 1.29 is 17.9 Å². The lowest BCUT2D eigenvalue weighted by Gasteiger charge is -2.34. The molecule has 1 aromatic heterocycles. The van der Waals surface area contributed by atoms with E-state index in [1.807, 2.05) is 13.8 Å². The van der Waals surface area contributed by atoms with Crippen LogP contribution in [0.25, 0.3) is 5.69 Å². The van der Waals surface area contributed by atoms with Gasteiger partial charge in [-0.15, -0.1) is 5.10 Å². The molecule has 31 heavy (non-hydrogen) atoms. The number of morpholine rings is 1. The summed E-state index contributed by atoms with van der Waals surface area (Å²) >= 11 is 0. The molecular weight excluding hydrogens is 420 g/mol. The van der Waals surface area contributed by atoms with Crippen molar-refractivity contribution in [1.82, 2.24) is 24.5 Å². The van der Waals surface area contributed by atoms with Gasteiger partial charge in [0.15, 0.2) is 0 Å². The second-order valence-electron chi connectivity index (χ2n) is 7.36. The molecule has 0 unspecified atom stereocenters. The quantitative estimate of drug-likeness (QED) is 0.639. The number of ether oxygens (including phenoxy) is 1. The predicted molar refractivity (Wildman–Crippen MR) is 112 cm³/mol. The molecular formula is C20H22N6O4S. The van der Waals surface area contributed by atoms with Crippen LogP contribution in [-0.2, 0) is 14.8 Å². The van der Waals surface area contributed by atoms with Crippen LogP contribution in [0.4, 0.5) is 5.69 Å². The molecule has 11 heteroatoms. The van der Waals surface area contributed by atoms with Crippen LogP contribution in [0, 0.1) is 0 Å². The molecule has 2 atom stereocenters. The number of rotatable bonds is 5. The minimum atomic E-state index is -3.66. The van der Waals surface area contributed by atoms with E-state index < -0.39 is 10.0 Å². The number of hydrogen-bond donors (Lipinski definition) is 1. The Morgan fingerprint density at radius 3 is 2.45 bits per heavy atom. The van der Waals surface area contributed by atoms with Gasteiger partial charge in [0, 0.05) is 24.3 Å². The number of anilines is 1. The maximum Gasteiger partial charge on any atom is 0.255 e. The number of amides is 1. The second-order valence-corrected chi connectivity index (χ2v) is 9.30. The van der Waals surface area contributed by atoms with Crippen LogP contribution in [0.2, 0.25) is 0 Å². The first kappa shape index (κ1) is 21.1. The van der Waals surface area contributed by atoms with Crippen LogP contribution in [0.5, 0.6) is 0 Å². The number of carbonyl (C=O) groups is 1. The Morgan fingerprint density at radius 2 is 1.81 bits per heavy atom. The molecule has 0 radical (unpaired) electrons. The van der Waals surface area contributed by atoms with Crippen LogP contribution in [0.1, 0.15) is 24.2 Å². The molecule has 1 fully saturated rings. The van der Waals surface area contributed by atoms with E-state index in [9.17, 15) is 13.2 Å². The molecule has 0 saturated carbocycles. The molecule has 4 rings (SSSR count). The molecule has 1 aliphatic heterocycles. The summed E-state index contributed by atoms with van der Waals surface area (Å²) in [5, 5.41) is 13.8. The number of aromatic nitrogens is 4. The predicted octanol–water partition coefficient (Wildman–Crippen LogP) is 1.71. The molecule has 2 heterocycles. The Morgan fingerprint density at radius 1 is 1.10 bits per heavy atom. The summed E-state index contributed by atoms with van der Waals surface area (Å²) in [4.78, 5) is 12.8. The van der Waals surface area contributed by atoms with Gasteiger partial charge in [0.25, 0.3) is 5.91 Å². The largest absolute Gasteiger partial charge is 0.373 e. The van der Waals surface area contributed by atoms with E-state index in [-0.39, 0.29) is 23.0 Å². The monoisotopic (exact) mass is 442 g/mol. The molecule has 0 spiro atoms. The molecule has 1 amide bonds. The topological polar surface area (TPSA) is 119 Å². The van der Waals surface area contributed by atoms with E-state index in [1.54, 1.807) is 24.3 Å². The van der Waals surface area contributed by atoms with Crippen molar-refractivity contribution in [3.05, 3.63) is 60.4 Å². The van der Waals surface area contributed by atoms with Gasteiger partial charge < -0.3 is 10.1 Å². The molecule has 2 aromatic carbocycles. The fourth-order valence-corrected chi connectivity index (χ4v) is 5.05. The number of tetrazole rings is 1. The van der Waals surface area contributed by atoms with Crippen LogP contribution in [0.15, 0.2) is 59.8 Å². The highest BCUT2D eigenvalue weighted by atomic mass is 32.2. The van der Waals surface area contributed by atoms with Crippen molar-refractivity contribution in [3.8, 4) is 5.69 Å². The lowest BCUT2D eigenvalue weighted by atomic mass is 10.2. The SMILES string of the molecule is C[C@H]1CN(S(=O)(=O)c2ccc(C(=O)Nc3cccc(-n4cnnn4)c3)cc2)C[C@H](C)O1. The summed E-state index contributed by atoms with van der Waals surface area (Å²) in [7, 11) is -3.66. The molecule has 1 aliphatic rings. The summed E-state index contributed by atoms with van der Waals surface area (Å²) in [6.45, 7) is 4.29. The number of benzene rings is 2. The minimum Gasteiger partial charge on any atom is -0.373 e. The van der Waals surface area contributed by atoms with E-state index in [2.05, 4.69) is 20.8 Å². The van der Waals surface area contributed by atoms with E-state index in [4.69, 9.17) is 4.74 Å². The van der Waals surface area contributed by atoms with Crippen molar-refractivity contribution >= 4 is 21.6 Å². The molecule has 10 nitrogen and oxygen atoms in total. The van der Waals surface area contributed by atoms with Gasteiger partial charge in [-0.3, -0.25) is 4.79 Å². The molecule has 1 saturated heterocycles. The van der Waals surface area contributed by atoms with Gasteiger partial charge in [0.2, 0.25) is 10.0 Å². The zero-order valence-electron chi connectivity index (χ0n) is 17.0. The van der Waals surface area contributed by atoms with Crippen molar-refractivity contribution in [1.29, 1.82) is 0 Å². The molecule has 162 valence electrons. The maximum atomic E-state index is 13.0. The lowest BCUT2D eigenvalue weighted by molar-refractivity contribution is -0.0440. The average Bonchev–Trinajstić information content (AvgIpc) is 3.28. The van der Waals surface area contributed by atoms with Gasteiger partial charge in [0.1, 0.15) is 6.33 Å². The second kappa shape index (κ2) is 8.53. The highest BCUT2D eigenvalue weighted by Gasteiger charge is 2.32. The molecule has 0 bridgehead atoms.